The normalized spacial score (nSPS) is 12.5. The van der Waals surface area contributed by atoms with Crippen molar-refractivity contribution in [3.8, 4) is 0 Å². The van der Waals surface area contributed by atoms with Crippen molar-refractivity contribution in [2.24, 2.45) is 0 Å². The molecule has 168 valence electrons. The van der Waals surface area contributed by atoms with E-state index in [1.807, 2.05) is 0 Å². The highest BCUT2D eigenvalue weighted by molar-refractivity contribution is 9.10. The number of sulfonamides is 1. The first kappa shape index (κ1) is 24.4. The lowest BCUT2D eigenvalue weighted by atomic mass is 10.1. The van der Waals surface area contributed by atoms with Crippen LogP contribution in [0.15, 0.2) is 82.2 Å². The zero-order chi connectivity index (χ0) is 23.3. The van der Waals surface area contributed by atoms with Gasteiger partial charge < -0.3 is 5.32 Å². The van der Waals surface area contributed by atoms with E-state index in [4.69, 9.17) is 11.6 Å². The van der Waals surface area contributed by atoms with Gasteiger partial charge in [-0.2, -0.15) is 4.31 Å². The van der Waals surface area contributed by atoms with Crippen molar-refractivity contribution in [2.75, 3.05) is 6.54 Å². The molecule has 0 heterocycles. The Morgan fingerprint density at radius 3 is 2.22 bits per heavy atom. The molecule has 1 amide bonds. The zero-order valence-electron chi connectivity index (χ0n) is 17.1. The maximum atomic E-state index is 13.3. The van der Waals surface area contributed by atoms with Gasteiger partial charge in [-0.25, -0.2) is 12.8 Å². The maximum absolute atomic E-state index is 13.3. The molecule has 0 radical (unpaired) electrons. The summed E-state index contributed by atoms with van der Waals surface area (Å²) in [5, 5.41) is 3.31. The van der Waals surface area contributed by atoms with Gasteiger partial charge in [0.05, 0.1) is 17.5 Å². The molecule has 3 aromatic carbocycles. The molecule has 32 heavy (non-hydrogen) atoms. The molecule has 0 aromatic heterocycles. The minimum Gasteiger partial charge on any atom is -0.348 e. The van der Waals surface area contributed by atoms with Crippen LogP contribution >= 0.6 is 27.5 Å². The molecular weight excluding hydrogens is 519 g/mol. The molecule has 0 fully saturated rings. The second kappa shape index (κ2) is 10.6. The zero-order valence-corrected chi connectivity index (χ0v) is 20.3. The smallest absolute Gasteiger partial charge is 0.243 e. The summed E-state index contributed by atoms with van der Waals surface area (Å²) in [5.41, 5.74) is 1.40. The molecule has 0 unspecified atom stereocenters. The third-order valence-electron chi connectivity index (χ3n) is 4.79. The molecule has 0 aliphatic carbocycles. The van der Waals surface area contributed by atoms with Crippen LogP contribution < -0.4 is 5.32 Å². The average molecular weight is 540 g/mol. The summed E-state index contributed by atoms with van der Waals surface area (Å²) < 4.78 is 41.6. The van der Waals surface area contributed by atoms with E-state index < -0.39 is 22.0 Å². The third kappa shape index (κ3) is 6.38. The molecule has 9 heteroatoms. The standard InChI is InChI=1S/C23H21BrClFN2O3S/c1-16(18-4-10-21(26)11-5-18)27-23(29)15-28(14-17-2-8-20(25)9-3-17)32(30,31)22-12-6-19(24)7-13-22/h2-13,16H,14-15H2,1H3,(H,27,29)/t16-/m0/s1. The van der Waals surface area contributed by atoms with Gasteiger partial charge in [-0.3, -0.25) is 4.79 Å². The Bertz CT molecular complexity index is 1170. The molecular formula is C23H21BrClFN2O3S. The second-order valence-electron chi connectivity index (χ2n) is 7.19. The molecule has 1 N–H and O–H groups in total. The number of amides is 1. The van der Waals surface area contributed by atoms with E-state index in [0.717, 1.165) is 8.78 Å². The Morgan fingerprint density at radius 2 is 1.62 bits per heavy atom. The Hall–Kier alpha value is -2.26. The van der Waals surface area contributed by atoms with Crippen LogP contribution in [0.1, 0.15) is 24.1 Å². The SMILES string of the molecule is C[C@H](NC(=O)CN(Cc1ccc(Cl)cc1)S(=O)(=O)c1ccc(Br)cc1)c1ccc(F)cc1. The lowest BCUT2D eigenvalue weighted by Crippen LogP contribution is -2.41. The van der Waals surface area contributed by atoms with Crippen LogP contribution in [-0.2, 0) is 21.4 Å². The molecule has 5 nitrogen and oxygen atoms in total. The van der Waals surface area contributed by atoms with Crippen LogP contribution in [0.3, 0.4) is 0 Å². The monoisotopic (exact) mass is 538 g/mol. The number of halogens is 3. The summed E-state index contributed by atoms with van der Waals surface area (Å²) >= 11 is 9.23. The fourth-order valence-electron chi connectivity index (χ4n) is 3.06. The molecule has 0 saturated heterocycles. The summed E-state index contributed by atoms with van der Waals surface area (Å²) in [7, 11) is -3.96. The molecule has 1 atom stereocenters. The predicted octanol–water partition coefficient (Wildman–Crippen LogP) is 5.31. The van der Waals surface area contributed by atoms with Crippen molar-refractivity contribution in [1.82, 2.24) is 9.62 Å². The van der Waals surface area contributed by atoms with Crippen LogP contribution in [0.25, 0.3) is 0 Å². The number of rotatable bonds is 8. The van der Waals surface area contributed by atoms with Gasteiger partial charge in [-0.15, -0.1) is 0 Å². The third-order valence-corrected chi connectivity index (χ3v) is 7.38. The van der Waals surface area contributed by atoms with Crippen molar-refractivity contribution in [3.05, 3.63) is 99.2 Å². The molecule has 0 saturated carbocycles. The van der Waals surface area contributed by atoms with E-state index in [1.54, 1.807) is 55.5 Å². The lowest BCUT2D eigenvalue weighted by molar-refractivity contribution is -0.122. The highest BCUT2D eigenvalue weighted by Crippen LogP contribution is 2.22. The number of carbonyl (C=O) groups excluding carboxylic acids is 1. The molecule has 0 aliphatic rings. The van der Waals surface area contributed by atoms with Crippen molar-refractivity contribution < 1.29 is 17.6 Å². The summed E-state index contributed by atoms with van der Waals surface area (Å²) in [5.74, 6) is -0.849. The van der Waals surface area contributed by atoms with Crippen LogP contribution in [0.4, 0.5) is 4.39 Å². The Balaban J connectivity index is 1.82. The first-order valence-corrected chi connectivity index (χ1v) is 12.3. The number of nitrogens with zero attached hydrogens (tertiary/aromatic N) is 1. The van der Waals surface area contributed by atoms with Crippen LogP contribution in [0.2, 0.25) is 5.02 Å². The van der Waals surface area contributed by atoms with Crippen molar-refractivity contribution in [2.45, 2.75) is 24.4 Å². The van der Waals surface area contributed by atoms with Gasteiger partial charge in [-0.05, 0) is 66.6 Å². The minimum absolute atomic E-state index is 0.00604. The van der Waals surface area contributed by atoms with Crippen molar-refractivity contribution in [1.29, 1.82) is 0 Å². The number of benzene rings is 3. The fraction of sp³-hybridized carbons (Fsp3) is 0.174. The Morgan fingerprint density at radius 1 is 1.03 bits per heavy atom. The van der Waals surface area contributed by atoms with Gasteiger partial charge in [0.2, 0.25) is 15.9 Å². The number of hydrogen-bond donors (Lipinski definition) is 1. The van der Waals surface area contributed by atoms with Gasteiger partial charge in [0, 0.05) is 16.0 Å². The topological polar surface area (TPSA) is 66.5 Å². The van der Waals surface area contributed by atoms with Gasteiger partial charge in [-0.1, -0.05) is 51.8 Å². The molecule has 3 rings (SSSR count). The number of carbonyl (C=O) groups is 1. The van der Waals surface area contributed by atoms with E-state index in [0.29, 0.717) is 16.1 Å². The van der Waals surface area contributed by atoms with Crippen LogP contribution in [-0.4, -0.2) is 25.2 Å². The van der Waals surface area contributed by atoms with Gasteiger partial charge >= 0.3 is 0 Å². The first-order chi connectivity index (χ1) is 15.1. The average Bonchev–Trinajstić information content (AvgIpc) is 2.75. The molecule has 3 aromatic rings. The quantitative estimate of drug-likeness (QED) is 0.422. The maximum Gasteiger partial charge on any atom is 0.243 e. The predicted molar refractivity (Wildman–Crippen MR) is 126 cm³/mol. The highest BCUT2D eigenvalue weighted by atomic mass is 79.9. The van der Waals surface area contributed by atoms with Crippen molar-refractivity contribution in [3.63, 3.8) is 0 Å². The van der Waals surface area contributed by atoms with Crippen LogP contribution in [0.5, 0.6) is 0 Å². The molecule has 0 spiro atoms. The summed E-state index contributed by atoms with van der Waals surface area (Å²) in [4.78, 5) is 12.8. The summed E-state index contributed by atoms with van der Waals surface area (Å²) in [6, 6.07) is 18.3. The first-order valence-electron chi connectivity index (χ1n) is 9.70. The highest BCUT2D eigenvalue weighted by Gasteiger charge is 2.27. The van der Waals surface area contributed by atoms with Crippen LogP contribution in [0, 0.1) is 5.82 Å². The van der Waals surface area contributed by atoms with Gasteiger partial charge in [0.25, 0.3) is 0 Å². The van der Waals surface area contributed by atoms with E-state index in [2.05, 4.69) is 21.2 Å². The minimum atomic E-state index is -3.96. The summed E-state index contributed by atoms with van der Waals surface area (Å²) in [6.45, 7) is 1.36. The second-order valence-corrected chi connectivity index (χ2v) is 10.5. The summed E-state index contributed by atoms with van der Waals surface area (Å²) in [6.07, 6.45) is 0. The fourth-order valence-corrected chi connectivity index (χ4v) is 4.83. The van der Waals surface area contributed by atoms with E-state index in [-0.39, 0.29) is 23.8 Å². The molecule has 0 bridgehead atoms. The Kier molecular flexibility index (Phi) is 8.05. The van der Waals surface area contributed by atoms with Gasteiger partial charge in [0.15, 0.2) is 0 Å². The van der Waals surface area contributed by atoms with E-state index in [1.165, 1.54) is 24.3 Å². The number of nitrogens with one attached hydrogen (secondary N) is 1. The number of hydrogen-bond acceptors (Lipinski definition) is 3. The lowest BCUT2D eigenvalue weighted by Gasteiger charge is -2.23. The van der Waals surface area contributed by atoms with E-state index in [9.17, 15) is 17.6 Å². The Labute approximate surface area is 200 Å². The molecule has 0 aliphatic heterocycles. The van der Waals surface area contributed by atoms with Gasteiger partial charge in [0.1, 0.15) is 5.82 Å². The largest absolute Gasteiger partial charge is 0.348 e. The van der Waals surface area contributed by atoms with E-state index >= 15 is 0 Å². The van der Waals surface area contributed by atoms with Crippen molar-refractivity contribution >= 4 is 43.5 Å².